The molecule has 4 rings (SSSR count). The zero-order valence-electron chi connectivity index (χ0n) is 20.8. The van der Waals surface area contributed by atoms with E-state index in [0.29, 0.717) is 43.4 Å². The van der Waals surface area contributed by atoms with Crippen LogP contribution in [-0.2, 0) is 16.1 Å². The van der Waals surface area contributed by atoms with Gasteiger partial charge in [-0.1, -0.05) is 18.2 Å². The van der Waals surface area contributed by atoms with Gasteiger partial charge in [0, 0.05) is 32.1 Å². The zero-order chi connectivity index (χ0) is 24.9. The standard InChI is InChI=1S/C27H34N4O4/c1-18-6-4-7-19(2)26(18)35-25(33)17-31-16-21-14-22(11-12-23(21)29-27(31)28)34-13-5-8-24(32)30(3)15-20-9-10-20/h4,6-7,11-12,14,20H,5,8-10,13,15-17H2,1-3H3,(H2,28,29). The Morgan fingerprint density at radius 1 is 1.17 bits per heavy atom. The minimum absolute atomic E-state index is 0.00980. The second kappa shape index (κ2) is 10.8. The average molecular weight is 479 g/mol. The average Bonchev–Trinajstić information content (AvgIpc) is 3.63. The smallest absolute Gasteiger partial charge is 0.331 e. The molecule has 0 atom stereocenters. The minimum atomic E-state index is -0.396. The minimum Gasteiger partial charge on any atom is -0.494 e. The fourth-order valence-corrected chi connectivity index (χ4v) is 4.16. The van der Waals surface area contributed by atoms with Crippen LogP contribution in [0.15, 0.2) is 41.4 Å². The van der Waals surface area contributed by atoms with Crippen LogP contribution in [0.25, 0.3) is 0 Å². The molecule has 1 amide bonds. The van der Waals surface area contributed by atoms with E-state index in [0.717, 1.165) is 28.9 Å². The Labute approximate surface area is 206 Å². The Kier molecular flexibility index (Phi) is 7.58. The highest BCUT2D eigenvalue weighted by atomic mass is 16.5. The first-order chi connectivity index (χ1) is 16.8. The summed E-state index contributed by atoms with van der Waals surface area (Å²) in [7, 11) is 1.88. The van der Waals surface area contributed by atoms with Gasteiger partial charge in [-0.25, -0.2) is 9.79 Å². The highest BCUT2D eigenvalue weighted by Crippen LogP contribution is 2.30. The molecule has 35 heavy (non-hydrogen) atoms. The first-order valence-electron chi connectivity index (χ1n) is 12.2. The Bertz CT molecular complexity index is 1110. The summed E-state index contributed by atoms with van der Waals surface area (Å²) in [6, 6.07) is 11.4. The normalized spacial score (nSPS) is 14.7. The van der Waals surface area contributed by atoms with Crippen LogP contribution in [0.1, 0.15) is 42.4 Å². The number of hydrogen-bond acceptors (Lipinski definition) is 7. The van der Waals surface area contributed by atoms with Crippen LogP contribution < -0.4 is 15.2 Å². The molecule has 0 radical (unpaired) electrons. The van der Waals surface area contributed by atoms with Crippen LogP contribution in [-0.4, -0.2) is 54.4 Å². The fourth-order valence-electron chi connectivity index (χ4n) is 4.16. The number of carbonyl (C=O) groups is 2. The summed E-state index contributed by atoms with van der Waals surface area (Å²) in [4.78, 5) is 32.8. The van der Waals surface area contributed by atoms with Gasteiger partial charge in [-0.3, -0.25) is 4.79 Å². The van der Waals surface area contributed by atoms with Crippen molar-refractivity contribution in [2.45, 2.75) is 46.1 Å². The molecule has 1 heterocycles. The molecule has 1 aliphatic heterocycles. The van der Waals surface area contributed by atoms with Crippen molar-refractivity contribution in [1.82, 2.24) is 9.80 Å². The van der Waals surface area contributed by atoms with Gasteiger partial charge in [0.05, 0.1) is 12.3 Å². The van der Waals surface area contributed by atoms with Crippen molar-refractivity contribution in [3.63, 3.8) is 0 Å². The maximum Gasteiger partial charge on any atom is 0.331 e. The van der Waals surface area contributed by atoms with Crippen molar-refractivity contribution in [2.75, 3.05) is 26.7 Å². The molecule has 2 aliphatic rings. The van der Waals surface area contributed by atoms with E-state index in [1.807, 2.05) is 62.2 Å². The molecule has 0 unspecified atom stereocenters. The third-order valence-corrected chi connectivity index (χ3v) is 6.37. The Hall–Kier alpha value is -3.55. The number of nitrogens with two attached hydrogens (primary N) is 1. The molecule has 0 aromatic heterocycles. The van der Waals surface area contributed by atoms with Gasteiger partial charge < -0.3 is 25.0 Å². The lowest BCUT2D eigenvalue weighted by atomic mass is 10.1. The lowest BCUT2D eigenvalue weighted by molar-refractivity contribution is -0.135. The number of hydrogen-bond donors (Lipinski definition) is 1. The Balaban J connectivity index is 1.29. The number of esters is 1. The molecular weight excluding hydrogens is 444 g/mol. The fraction of sp³-hybridized carbons (Fsp3) is 0.444. The van der Waals surface area contributed by atoms with Crippen LogP contribution in [0.5, 0.6) is 11.5 Å². The highest BCUT2D eigenvalue weighted by molar-refractivity contribution is 5.87. The van der Waals surface area contributed by atoms with Crippen molar-refractivity contribution in [2.24, 2.45) is 16.6 Å². The molecule has 2 N–H and O–H groups in total. The second-order valence-corrected chi connectivity index (χ2v) is 9.48. The van der Waals surface area contributed by atoms with E-state index in [-0.39, 0.29) is 18.4 Å². The predicted molar refractivity (Wildman–Crippen MR) is 135 cm³/mol. The first-order valence-corrected chi connectivity index (χ1v) is 12.2. The van der Waals surface area contributed by atoms with Crippen molar-refractivity contribution in [3.8, 4) is 11.5 Å². The number of ether oxygens (including phenoxy) is 2. The lowest BCUT2D eigenvalue weighted by Gasteiger charge is -2.27. The summed E-state index contributed by atoms with van der Waals surface area (Å²) in [5.41, 5.74) is 9.60. The number of rotatable bonds is 10. The van der Waals surface area contributed by atoms with Crippen molar-refractivity contribution < 1.29 is 19.1 Å². The van der Waals surface area contributed by atoms with Gasteiger partial charge in [-0.15, -0.1) is 0 Å². The van der Waals surface area contributed by atoms with E-state index in [1.54, 1.807) is 4.90 Å². The van der Waals surface area contributed by atoms with Gasteiger partial charge in [0.25, 0.3) is 0 Å². The number of benzene rings is 2. The van der Waals surface area contributed by atoms with E-state index in [9.17, 15) is 9.59 Å². The van der Waals surface area contributed by atoms with Crippen LogP contribution in [0, 0.1) is 19.8 Å². The van der Waals surface area contributed by atoms with Crippen molar-refractivity contribution >= 4 is 23.5 Å². The molecule has 8 heteroatoms. The Morgan fingerprint density at radius 3 is 2.63 bits per heavy atom. The third kappa shape index (κ3) is 6.53. The van der Waals surface area contributed by atoms with Gasteiger partial charge in [0.15, 0.2) is 5.96 Å². The third-order valence-electron chi connectivity index (χ3n) is 6.37. The quantitative estimate of drug-likeness (QED) is 0.318. The summed E-state index contributed by atoms with van der Waals surface area (Å²) in [5.74, 6) is 2.03. The highest BCUT2D eigenvalue weighted by Gasteiger charge is 2.25. The summed E-state index contributed by atoms with van der Waals surface area (Å²) < 4.78 is 11.5. The molecule has 1 fully saturated rings. The monoisotopic (exact) mass is 478 g/mol. The summed E-state index contributed by atoms with van der Waals surface area (Å²) in [6.07, 6.45) is 3.61. The van der Waals surface area contributed by atoms with E-state index in [4.69, 9.17) is 15.2 Å². The first kappa shape index (κ1) is 24.6. The number of para-hydroxylation sites is 1. The predicted octanol–water partition coefficient (Wildman–Crippen LogP) is 3.70. The second-order valence-electron chi connectivity index (χ2n) is 9.48. The van der Waals surface area contributed by atoms with E-state index in [2.05, 4.69) is 4.99 Å². The van der Waals surface area contributed by atoms with Gasteiger partial charge in [-0.05, 0) is 68.4 Å². The maximum absolute atomic E-state index is 12.6. The van der Waals surface area contributed by atoms with Crippen LogP contribution in [0.4, 0.5) is 5.69 Å². The molecule has 1 saturated carbocycles. The van der Waals surface area contributed by atoms with Gasteiger partial charge in [0.1, 0.15) is 18.0 Å². The number of carbonyl (C=O) groups excluding carboxylic acids is 2. The number of aryl methyl sites for hydroxylation is 2. The zero-order valence-corrected chi connectivity index (χ0v) is 20.8. The van der Waals surface area contributed by atoms with Gasteiger partial charge >= 0.3 is 5.97 Å². The van der Waals surface area contributed by atoms with E-state index in [1.165, 1.54) is 12.8 Å². The molecular formula is C27H34N4O4. The molecule has 0 spiro atoms. The largest absolute Gasteiger partial charge is 0.494 e. The number of aliphatic imine (C=N–C) groups is 1. The number of nitrogens with zero attached hydrogens (tertiary/aromatic N) is 3. The number of amides is 1. The van der Waals surface area contributed by atoms with Gasteiger partial charge in [0.2, 0.25) is 5.91 Å². The van der Waals surface area contributed by atoms with Crippen molar-refractivity contribution in [1.29, 1.82) is 0 Å². The number of guanidine groups is 1. The van der Waals surface area contributed by atoms with Gasteiger partial charge in [-0.2, -0.15) is 0 Å². The Morgan fingerprint density at radius 2 is 1.91 bits per heavy atom. The van der Waals surface area contributed by atoms with Crippen molar-refractivity contribution in [3.05, 3.63) is 53.1 Å². The molecule has 1 aliphatic carbocycles. The molecule has 2 aromatic rings. The molecule has 0 saturated heterocycles. The molecule has 0 bridgehead atoms. The lowest BCUT2D eigenvalue weighted by Crippen LogP contribution is -2.42. The summed E-state index contributed by atoms with van der Waals surface area (Å²) in [6.45, 7) is 5.55. The SMILES string of the molecule is Cc1cccc(C)c1OC(=O)CN1Cc2cc(OCCCC(=O)N(C)CC3CC3)ccc2N=C1N. The number of fused-ring (bicyclic) bond motifs is 1. The van der Waals surface area contributed by atoms with E-state index >= 15 is 0 Å². The van der Waals surface area contributed by atoms with Crippen LogP contribution in [0.2, 0.25) is 0 Å². The molecule has 8 nitrogen and oxygen atoms in total. The van der Waals surface area contributed by atoms with E-state index < -0.39 is 5.97 Å². The molecule has 186 valence electrons. The van der Waals surface area contributed by atoms with Crippen LogP contribution in [0.3, 0.4) is 0 Å². The molecule has 2 aromatic carbocycles. The maximum atomic E-state index is 12.6. The summed E-state index contributed by atoms with van der Waals surface area (Å²) in [5, 5.41) is 0. The van der Waals surface area contributed by atoms with Crippen LogP contribution >= 0.6 is 0 Å². The topological polar surface area (TPSA) is 97.5 Å². The summed E-state index contributed by atoms with van der Waals surface area (Å²) >= 11 is 0.